The molecule has 0 unspecified atom stereocenters. The zero-order valence-electron chi connectivity index (χ0n) is 12.4. The molecule has 0 spiro atoms. The molecule has 23 heavy (non-hydrogen) atoms. The van der Waals surface area contributed by atoms with Crippen molar-refractivity contribution in [3.63, 3.8) is 0 Å². The van der Waals surface area contributed by atoms with Crippen molar-refractivity contribution in [1.29, 1.82) is 0 Å². The maximum atomic E-state index is 12.1. The summed E-state index contributed by atoms with van der Waals surface area (Å²) in [6.45, 7) is 2.05. The first kappa shape index (κ1) is 15.1. The number of hydrogen-bond donors (Lipinski definition) is 2. The van der Waals surface area contributed by atoms with Crippen LogP contribution >= 0.6 is 11.3 Å². The number of hydrogen-bond acceptors (Lipinski definition) is 6. The number of carbonyl (C=O) groups excluding carboxylic acids is 1. The zero-order chi connectivity index (χ0) is 16.2. The smallest absolute Gasteiger partial charge is 0.239 e. The van der Waals surface area contributed by atoms with Gasteiger partial charge in [0.1, 0.15) is 0 Å². The van der Waals surface area contributed by atoms with Gasteiger partial charge in [-0.1, -0.05) is 29.8 Å². The molecule has 0 aliphatic carbocycles. The predicted molar refractivity (Wildman–Crippen MR) is 87.4 cm³/mol. The first-order valence-electron chi connectivity index (χ1n) is 6.93. The third kappa shape index (κ3) is 3.70. The van der Waals surface area contributed by atoms with Crippen LogP contribution in [-0.4, -0.2) is 31.5 Å². The Hall–Kier alpha value is -2.80. The number of thiophene rings is 1. The molecule has 116 valence electrons. The standard InChI is InChI=1S/C16H14N4O2S/c1-10-2-4-11(5-3-10)6-12-7-15(23-9-12)13(21)8-14(22)16-17-19-20-18-16/h2-5,7-9,22H,6H2,1H3,(H,17,18,19,20). The van der Waals surface area contributed by atoms with Crippen LogP contribution in [0.1, 0.15) is 32.2 Å². The summed E-state index contributed by atoms with van der Waals surface area (Å²) in [5.74, 6) is -0.598. The van der Waals surface area contributed by atoms with Crippen molar-refractivity contribution in [3.05, 3.63) is 69.2 Å². The second-order valence-electron chi connectivity index (χ2n) is 5.11. The van der Waals surface area contributed by atoms with E-state index in [-0.39, 0.29) is 17.4 Å². The van der Waals surface area contributed by atoms with E-state index < -0.39 is 0 Å². The fourth-order valence-electron chi connectivity index (χ4n) is 2.07. The molecule has 0 radical (unpaired) electrons. The van der Waals surface area contributed by atoms with Gasteiger partial charge in [-0.05, 0) is 41.1 Å². The summed E-state index contributed by atoms with van der Waals surface area (Å²) in [5.41, 5.74) is 3.48. The van der Waals surface area contributed by atoms with E-state index in [0.717, 1.165) is 18.1 Å². The van der Waals surface area contributed by atoms with E-state index in [0.29, 0.717) is 4.88 Å². The number of aryl methyl sites for hydroxylation is 1. The molecule has 0 saturated heterocycles. The van der Waals surface area contributed by atoms with Crippen molar-refractivity contribution in [3.8, 4) is 0 Å². The quantitative estimate of drug-likeness (QED) is 0.427. The second-order valence-corrected chi connectivity index (χ2v) is 6.02. The molecule has 0 amide bonds. The van der Waals surface area contributed by atoms with Crippen LogP contribution in [-0.2, 0) is 6.42 Å². The number of tetrazole rings is 1. The van der Waals surface area contributed by atoms with Gasteiger partial charge in [0.05, 0.1) is 4.88 Å². The van der Waals surface area contributed by atoms with Crippen LogP contribution in [0.25, 0.3) is 5.76 Å². The topological polar surface area (TPSA) is 91.8 Å². The van der Waals surface area contributed by atoms with Gasteiger partial charge in [0, 0.05) is 6.08 Å². The molecule has 0 atom stereocenters. The second kappa shape index (κ2) is 6.53. The highest BCUT2D eigenvalue weighted by Crippen LogP contribution is 2.20. The number of aliphatic hydroxyl groups is 1. The maximum Gasteiger partial charge on any atom is 0.239 e. The van der Waals surface area contributed by atoms with Crippen molar-refractivity contribution in [2.24, 2.45) is 0 Å². The van der Waals surface area contributed by atoms with Gasteiger partial charge in [-0.2, -0.15) is 5.21 Å². The fraction of sp³-hybridized carbons (Fsp3) is 0.125. The maximum absolute atomic E-state index is 12.1. The third-order valence-electron chi connectivity index (χ3n) is 3.27. The number of nitrogens with zero attached hydrogens (tertiary/aromatic N) is 3. The highest BCUT2D eigenvalue weighted by Gasteiger charge is 2.11. The van der Waals surface area contributed by atoms with Crippen molar-refractivity contribution < 1.29 is 9.90 Å². The van der Waals surface area contributed by atoms with Crippen LogP contribution < -0.4 is 0 Å². The summed E-state index contributed by atoms with van der Waals surface area (Å²) in [6, 6.07) is 10.1. The highest BCUT2D eigenvalue weighted by molar-refractivity contribution is 7.12. The summed E-state index contributed by atoms with van der Waals surface area (Å²) in [7, 11) is 0. The molecule has 3 aromatic rings. The van der Waals surface area contributed by atoms with Crippen molar-refractivity contribution in [1.82, 2.24) is 20.6 Å². The minimum Gasteiger partial charge on any atom is -0.504 e. The molecule has 0 aliphatic rings. The Bertz CT molecular complexity index is 835. The summed E-state index contributed by atoms with van der Waals surface area (Å²) < 4.78 is 0. The molecule has 1 aromatic carbocycles. The highest BCUT2D eigenvalue weighted by atomic mass is 32.1. The number of H-pyrrole nitrogens is 1. The monoisotopic (exact) mass is 326 g/mol. The molecule has 0 bridgehead atoms. The molecule has 0 fully saturated rings. The normalized spacial score (nSPS) is 11.6. The number of benzene rings is 1. The van der Waals surface area contributed by atoms with Crippen LogP contribution in [0.5, 0.6) is 0 Å². The number of nitrogens with one attached hydrogen (secondary N) is 1. The van der Waals surface area contributed by atoms with Crippen LogP contribution in [0.2, 0.25) is 0 Å². The van der Waals surface area contributed by atoms with Gasteiger partial charge >= 0.3 is 0 Å². The number of ketones is 1. The molecule has 6 nitrogen and oxygen atoms in total. The minimum atomic E-state index is -0.308. The summed E-state index contributed by atoms with van der Waals surface area (Å²) >= 11 is 1.35. The molecule has 2 heterocycles. The lowest BCUT2D eigenvalue weighted by atomic mass is 10.1. The van der Waals surface area contributed by atoms with Crippen LogP contribution in [0, 0.1) is 6.92 Å². The molecular weight excluding hydrogens is 312 g/mol. The van der Waals surface area contributed by atoms with Crippen LogP contribution in [0.4, 0.5) is 0 Å². The van der Waals surface area contributed by atoms with E-state index >= 15 is 0 Å². The van der Waals surface area contributed by atoms with E-state index in [2.05, 4.69) is 44.9 Å². The molecule has 7 heteroatoms. The molecular formula is C16H14N4O2S. The Kier molecular flexibility index (Phi) is 4.29. The predicted octanol–water partition coefficient (Wildman–Crippen LogP) is 2.94. The number of aliphatic hydroxyl groups excluding tert-OH is 1. The number of carbonyl (C=O) groups is 1. The lowest BCUT2D eigenvalue weighted by Crippen LogP contribution is -1.95. The van der Waals surface area contributed by atoms with E-state index in [1.807, 2.05) is 18.4 Å². The van der Waals surface area contributed by atoms with E-state index in [4.69, 9.17) is 0 Å². The third-order valence-corrected chi connectivity index (χ3v) is 4.26. The number of allylic oxidation sites excluding steroid dienone is 1. The lowest BCUT2D eigenvalue weighted by molar-refractivity contribution is 0.104. The molecule has 0 aliphatic heterocycles. The van der Waals surface area contributed by atoms with Gasteiger partial charge in [0.2, 0.25) is 5.82 Å². The SMILES string of the molecule is Cc1ccc(Cc2csc(C(=O)C=C(O)c3nn[nH]n3)c2)cc1. The van der Waals surface area contributed by atoms with Crippen molar-refractivity contribution >= 4 is 22.9 Å². The van der Waals surface area contributed by atoms with E-state index in [1.165, 1.54) is 22.5 Å². The van der Waals surface area contributed by atoms with Gasteiger partial charge in [-0.15, -0.1) is 21.5 Å². The Labute approximate surface area is 136 Å². The molecule has 3 rings (SSSR count). The largest absolute Gasteiger partial charge is 0.504 e. The number of aromatic nitrogens is 4. The Morgan fingerprint density at radius 1 is 1.30 bits per heavy atom. The molecule has 0 saturated carbocycles. The summed E-state index contributed by atoms with van der Waals surface area (Å²) in [4.78, 5) is 12.7. The molecule has 2 N–H and O–H groups in total. The van der Waals surface area contributed by atoms with E-state index in [9.17, 15) is 9.90 Å². The average Bonchev–Trinajstić information content (AvgIpc) is 3.21. The number of rotatable bonds is 5. The average molecular weight is 326 g/mol. The first-order valence-corrected chi connectivity index (χ1v) is 7.81. The van der Waals surface area contributed by atoms with E-state index in [1.54, 1.807) is 0 Å². The van der Waals surface area contributed by atoms with Gasteiger partial charge in [0.25, 0.3) is 0 Å². The lowest BCUT2D eigenvalue weighted by Gasteiger charge is -1.99. The van der Waals surface area contributed by atoms with Crippen molar-refractivity contribution in [2.75, 3.05) is 0 Å². The van der Waals surface area contributed by atoms with Gasteiger partial charge < -0.3 is 5.11 Å². The van der Waals surface area contributed by atoms with Gasteiger partial charge in [0.15, 0.2) is 11.5 Å². The first-order chi connectivity index (χ1) is 11.1. The Morgan fingerprint density at radius 3 is 2.78 bits per heavy atom. The van der Waals surface area contributed by atoms with Gasteiger partial charge in [-0.25, -0.2) is 0 Å². The van der Waals surface area contributed by atoms with Crippen LogP contribution in [0.3, 0.4) is 0 Å². The van der Waals surface area contributed by atoms with Crippen molar-refractivity contribution in [2.45, 2.75) is 13.3 Å². The summed E-state index contributed by atoms with van der Waals surface area (Å²) in [5, 5.41) is 24.5. The molecule has 2 aromatic heterocycles. The van der Waals surface area contributed by atoms with Crippen LogP contribution in [0.15, 0.2) is 41.8 Å². The fourth-order valence-corrected chi connectivity index (χ4v) is 2.89. The number of aromatic amines is 1. The summed E-state index contributed by atoms with van der Waals surface area (Å²) in [6.07, 6.45) is 1.87. The minimum absolute atomic E-state index is 0.00483. The zero-order valence-corrected chi connectivity index (χ0v) is 13.2. The Morgan fingerprint density at radius 2 is 2.09 bits per heavy atom. The van der Waals surface area contributed by atoms with Gasteiger partial charge in [-0.3, -0.25) is 4.79 Å². The Balaban J connectivity index is 1.72.